The first kappa shape index (κ1) is 22.3. The number of rotatable bonds is 6. The SMILES string of the molecule is COc1ccc(OC)c(C2SCCN2C(=O)Nc2c(C(C)C)cccc2C(C)C)c1. The number of anilines is 1. The van der Waals surface area contributed by atoms with E-state index in [1.165, 1.54) is 0 Å². The van der Waals surface area contributed by atoms with Crippen LogP contribution in [0.4, 0.5) is 10.5 Å². The van der Waals surface area contributed by atoms with Crippen LogP contribution in [0.3, 0.4) is 0 Å². The van der Waals surface area contributed by atoms with Crippen LogP contribution in [0.15, 0.2) is 36.4 Å². The standard InChI is InChI=1S/C24H32N2O3S/c1-15(2)18-8-7-9-19(16(3)4)22(18)25-24(27)26-12-13-30-23(26)20-14-17(28-5)10-11-21(20)29-6/h7-11,14-16,23H,12-13H2,1-6H3,(H,25,27). The zero-order valence-electron chi connectivity index (χ0n) is 18.7. The maximum atomic E-state index is 13.4. The Hall–Kier alpha value is -2.34. The van der Waals surface area contributed by atoms with E-state index in [1.807, 2.05) is 23.1 Å². The molecule has 5 nitrogen and oxygen atoms in total. The molecular formula is C24H32N2O3S. The Morgan fingerprint density at radius 2 is 1.73 bits per heavy atom. The van der Waals surface area contributed by atoms with Crippen LogP contribution in [0.1, 0.15) is 61.6 Å². The molecule has 1 atom stereocenters. The third kappa shape index (κ3) is 4.53. The van der Waals surface area contributed by atoms with E-state index in [0.717, 1.165) is 39.6 Å². The lowest BCUT2D eigenvalue weighted by molar-refractivity contribution is 0.213. The minimum Gasteiger partial charge on any atom is -0.497 e. The number of hydrogen-bond donors (Lipinski definition) is 1. The van der Waals surface area contributed by atoms with Gasteiger partial charge in [0.05, 0.1) is 14.2 Å². The second-order valence-electron chi connectivity index (χ2n) is 8.08. The summed E-state index contributed by atoms with van der Waals surface area (Å²) < 4.78 is 11.0. The number of para-hydroxylation sites is 1. The van der Waals surface area contributed by atoms with Crippen molar-refractivity contribution in [1.29, 1.82) is 0 Å². The summed E-state index contributed by atoms with van der Waals surface area (Å²) in [6.45, 7) is 9.31. The largest absolute Gasteiger partial charge is 0.497 e. The molecule has 0 saturated carbocycles. The number of hydrogen-bond acceptors (Lipinski definition) is 4. The summed E-state index contributed by atoms with van der Waals surface area (Å²) in [6, 6.07) is 11.9. The molecule has 1 heterocycles. The first-order chi connectivity index (χ1) is 14.4. The summed E-state index contributed by atoms with van der Waals surface area (Å²) in [6.07, 6.45) is 0. The minimum atomic E-state index is -0.122. The Balaban J connectivity index is 1.93. The molecule has 2 aromatic rings. The molecule has 0 bridgehead atoms. The van der Waals surface area contributed by atoms with Gasteiger partial charge in [0.1, 0.15) is 16.9 Å². The van der Waals surface area contributed by atoms with Crippen molar-refractivity contribution in [3.8, 4) is 11.5 Å². The fourth-order valence-corrected chi connectivity index (χ4v) is 5.11. The van der Waals surface area contributed by atoms with Gasteiger partial charge in [0, 0.05) is 23.5 Å². The molecule has 1 unspecified atom stereocenters. The van der Waals surface area contributed by atoms with Crippen molar-refractivity contribution in [2.24, 2.45) is 0 Å². The molecule has 30 heavy (non-hydrogen) atoms. The molecule has 0 aromatic heterocycles. The number of amides is 2. The van der Waals surface area contributed by atoms with Crippen LogP contribution in [0.5, 0.6) is 11.5 Å². The van der Waals surface area contributed by atoms with Crippen LogP contribution in [0.25, 0.3) is 0 Å². The van der Waals surface area contributed by atoms with Gasteiger partial charge in [0.15, 0.2) is 0 Å². The van der Waals surface area contributed by atoms with Gasteiger partial charge in [-0.2, -0.15) is 0 Å². The lowest BCUT2D eigenvalue weighted by Crippen LogP contribution is -2.35. The Morgan fingerprint density at radius 3 is 2.30 bits per heavy atom. The third-order valence-corrected chi connectivity index (χ3v) is 6.70. The fourth-order valence-electron chi connectivity index (χ4n) is 3.84. The molecule has 0 aliphatic carbocycles. The van der Waals surface area contributed by atoms with Gasteiger partial charge in [-0.15, -0.1) is 11.8 Å². The van der Waals surface area contributed by atoms with Crippen molar-refractivity contribution in [2.45, 2.75) is 44.9 Å². The van der Waals surface area contributed by atoms with Crippen LogP contribution in [0, 0.1) is 0 Å². The van der Waals surface area contributed by atoms with E-state index < -0.39 is 0 Å². The zero-order chi connectivity index (χ0) is 21.8. The van der Waals surface area contributed by atoms with Gasteiger partial charge in [0.25, 0.3) is 0 Å². The Morgan fingerprint density at radius 1 is 1.07 bits per heavy atom. The van der Waals surface area contributed by atoms with E-state index in [-0.39, 0.29) is 11.4 Å². The molecule has 1 aliphatic heterocycles. The molecule has 2 aromatic carbocycles. The minimum absolute atomic E-state index is 0.0788. The summed E-state index contributed by atoms with van der Waals surface area (Å²) in [4.78, 5) is 15.3. The predicted molar refractivity (Wildman–Crippen MR) is 125 cm³/mol. The fraction of sp³-hybridized carbons (Fsp3) is 0.458. The predicted octanol–water partition coefficient (Wildman–Crippen LogP) is 6.23. The second kappa shape index (κ2) is 9.65. The molecule has 1 fully saturated rings. The van der Waals surface area contributed by atoms with Crippen LogP contribution < -0.4 is 14.8 Å². The molecule has 0 spiro atoms. The van der Waals surface area contributed by atoms with E-state index in [1.54, 1.807) is 26.0 Å². The van der Waals surface area contributed by atoms with Crippen LogP contribution in [0.2, 0.25) is 0 Å². The highest BCUT2D eigenvalue weighted by atomic mass is 32.2. The molecule has 1 N–H and O–H groups in total. The number of carbonyl (C=O) groups is 1. The Bertz CT molecular complexity index is 872. The topological polar surface area (TPSA) is 50.8 Å². The van der Waals surface area contributed by atoms with Crippen LogP contribution in [-0.4, -0.2) is 37.4 Å². The molecule has 1 saturated heterocycles. The number of methoxy groups -OCH3 is 2. The first-order valence-corrected chi connectivity index (χ1v) is 11.5. The average Bonchev–Trinajstić information content (AvgIpc) is 3.22. The van der Waals surface area contributed by atoms with Crippen molar-refractivity contribution < 1.29 is 14.3 Å². The van der Waals surface area contributed by atoms with Crippen molar-refractivity contribution in [1.82, 2.24) is 4.90 Å². The second-order valence-corrected chi connectivity index (χ2v) is 9.26. The maximum absolute atomic E-state index is 13.4. The summed E-state index contributed by atoms with van der Waals surface area (Å²) >= 11 is 1.74. The molecule has 0 radical (unpaired) electrons. The van der Waals surface area contributed by atoms with Crippen molar-refractivity contribution in [3.63, 3.8) is 0 Å². The number of nitrogens with zero attached hydrogens (tertiary/aromatic N) is 1. The number of urea groups is 1. The number of benzene rings is 2. The average molecular weight is 429 g/mol. The number of ether oxygens (including phenoxy) is 2. The molecule has 162 valence electrons. The van der Waals surface area contributed by atoms with Crippen molar-refractivity contribution in [2.75, 3.05) is 31.8 Å². The highest BCUT2D eigenvalue weighted by molar-refractivity contribution is 7.99. The summed E-state index contributed by atoms with van der Waals surface area (Å²) in [5.41, 5.74) is 4.23. The molecular weight excluding hydrogens is 396 g/mol. The van der Waals surface area contributed by atoms with Crippen molar-refractivity contribution >= 4 is 23.5 Å². The number of carbonyl (C=O) groups excluding carboxylic acids is 1. The third-order valence-electron chi connectivity index (χ3n) is 5.46. The van der Waals surface area contributed by atoms with Crippen LogP contribution >= 0.6 is 11.8 Å². The van der Waals surface area contributed by atoms with E-state index >= 15 is 0 Å². The zero-order valence-corrected chi connectivity index (χ0v) is 19.5. The molecule has 6 heteroatoms. The van der Waals surface area contributed by atoms with Gasteiger partial charge in [-0.1, -0.05) is 45.9 Å². The van der Waals surface area contributed by atoms with E-state index in [4.69, 9.17) is 9.47 Å². The smallest absolute Gasteiger partial charge is 0.323 e. The highest BCUT2D eigenvalue weighted by Crippen LogP contribution is 2.44. The Kier molecular flexibility index (Phi) is 7.19. The number of nitrogens with one attached hydrogen (secondary N) is 1. The monoisotopic (exact) mass is 428 g/mol. The molecule has 3 rings (SSSR count). The summed E-state index contributed by atoms with van der Waals surface area (Å²) in [5, 5.41) is 3.13. The quantitative estimate of drug-likeness (QED) is 0.592. The van der Waals surface area contributed by atoms with Crippen molar-refractivity contribution in [3.05, 3.63) is 53.1 Å². The first-order valence-electron chi connectivity index (χ1n) is 10.4. The van der Waals surface area contributed by atoms with E-state index in [2.05, 4.69) is 51.2 Å². The molecule has 1 aliphatic rings. The Labute approximate surface area is 184 Å². The maximum Gasteiger partial charge on any atom is 0.323 e. The van der Waals surface area contributed by atoms with Gasteiger partial charge in [-0.05, 0) is 41.2 Å². The van der Waals surface area contributed by atoms with Gasteiger partial charge >= 0.3 is 6.03 Å². The van der Waals surface area contributed by atoms with Gasteiger partial charge in [-0.25, -0.2) is 4.79 Å². The van der Waals surface area contributed by atoms with Gasteiger partial charge in [-0.3, -0.25) is 0 Å². The summed E-state index contributed by atoms with van der Waals surface area (Å²) in [5.74, 6) is 3.04. The normalized spacial score (nSPS) is 16.3. The summed E-state index contributed by atoms with van der Waals surface area (Å²) in [7, 11) is 3.30. The highest BCUT2D eigenvalue weighted by Gasteiger charge is 2.33. The van der Waals surface area contributed by atoms with Gasteiger partial charge in [0.2, 0.25) is 0 Å². The lowest BCUT2D eigenvalue weighted by atomic mass is 9.93. The lowest BCUT2D eigenvalue weighted by Gasteiger charge is -2.28. The van der Waals surface area contributed by atoms with Gasteiger partial charge < -0.3 is 19.7 Å². The van der Waals surface area contributed by atoms with Crippen LogP contribution in [-0.2, 0) is 0 Å². The van der Waals surface area contributed by atoms with E-state index in [0.29, 0.717) is 18.4 Å². The number of thioether (sulfide) groups is 1. The molecule has 2 amide bonds. The van der Waals surface area contributed by atoms with E-state index in [9.17, 15) is 4.79 Å².